The maximum Gasteiger partial charge on any atom is 0.335 e. The van der Waals surface area contributed by atoms with E-state index in [9.17, 15) is 4.79 Å². The van der Waals surface area contributed by atoms with Crippen molar-refractivity contribution in [2.24, 2.45) is 4.99 Å². The molecule has 72 valence electrons. The highest BCUT2D eigenvalue weighted by Gasteiger charge is 2.10. The van der Waals surface area contributed by atoms with Crippen LogP contribution >= 0.6 is 0 Å². The quantitative estimate of drug-likeness (QED) is 0.763. The van der Waals surface area contributed by atoms with Crippen molar-refractivity contribution >= 4 is 11.9 Å². The number of aliphatic imine (C=N–C) groups is 1. The smallest absolute Gasteiger partial charge is 0.335 e. The van der Waals surface area contributed by atoms with Gasteiger partial charge in [-0.15, -0.1) is 0 Å². The number of carboxylic acids is 1. The van der Waals surface area contributed by atoms with E-state index in [0.717, 1.165) is 5.56 Å². The minimum atomic E-state index is -0.925. The number of carboxylic acid groups (broad SMARTS) is 1. The zero-order valence-corrected chi connectivity index (χ0v) is 7.43. The molecule has 0 fully saturated rings. The first kappa shape index (κ1) is 8.74. The second-order valence-corrected chi connectivity index (χ2v) is 2.92. The number of benzene rings is 1. The highest BCUT2D eigenvalue weighted by molar-refractivity contribution is 5.96. The van der Waals surface area contributed by atoms with Crippen LogP contribution in [0, 0.1) is 0 Å². The molecule has 1 aliphatic rings. The van der Waals surface area contributed by atoms with E-state index in [1.807, 2.05) is 0 Å². The van der Waals surface area contributed by atoms with Crippen LogP contribution in [0.5, 0.6) is 0 Å². The maximum absolute atomic E-state index is 10.6. The maximum atomic E-state index is 10.6. The summed E-state index contributed by atoms with van der Waals surface area (Å²) in [5.74, 6) is -0.326. The van der Waals surface area contributed by atoms with Crippen LogP contribution in [0.4, 0.5) is 0 Å². The number of hydrogen-bond acceptors (Lipinski definition) is 3. The van der Waals surface area contributed by atoms with Gasteiger partial charge in [-0.25, -0.2) is 9.79 Å². The Morgan fingerprint density at radius 3 is 2.57 bits per heavy atom. The molecule has 1 aromatic rings. The molecule has 14 heavy (non-hydrogen) atoms. The Hall–Kier alpha value is -1.84. The van der Waals surface area contributed by atoms with Gasteiger partial charge in [0.25, 0.3) is 0 Å². The molecule has 0 amide bonds. The monoisotopic (exact) mass is 191 g/mol. The minimum Gasteiger partial charge on any atom is -0.478 e. The molecule has 2 rings (SSSR count). The van der Waals surface area contributed by atoms with Crippen molar-refractivity contribution in [1.82, 2.24) is 0 Å². The predicted octanol–water partition coefficient (Wildman–Crippen LogP) is 1.16. The molecule has 0 radical (unpaired) electrons. The van der Waals surface area contributed by atoms with Crippen molar-refractivity contribution in [3.63, 3.8) is 0 Å². The van der Waals surface area contributed by atoms with Gasteiger partial charge in [0.15, 0.2) is 0 Å². The second kappa shape index (κ2) is 3.49. The highest BCUT2D eigenvalue weighted by Crippen LogP contribution is 2.09. The lowest BCUT2D eigenvalue weighted by molar-refractivity contribution is 0.0697. The lowest BCUT2D eigenvalue weighted by atomic mass is 10.1. The summed E-state index contributed by atoms with van der Waals surface area (Å²) in [4.78, 5) is 14.7. The number of carbonyl (C=O) groups is 1. The molecule has 4 nitrogen and oxygen atoms in total. The third-order valence-electron chi connectivity index (χ3n) is 1.96. The molecule has 0 saturated carbocycles. The average Bonchev–Trinajstić information content (AvgIpc) is 2.71. The topological polar surface area (TPSA) is 58.9 Å². The summed E-state index contributed by atoms with van der Waals surface area (Å²) in [5, 5.41) is 8.68. The van der Waals surface area contributed by atoms with Gasteiger partial charge in [0.05, 0.1) is 12.1 Å². The molecule has 1 aliphatic heterocycles. The van der Waals surface area contributed by atoms with Crippen LogP contribution in [0.15, 0.2) is 29.3 Å². The Kier molecular flexibility index (Phi) is 2.18. The minimum absolute atomic E-state index is 0.271. The number of ether oxygens (including phenoxy) is 1. The normalized spacial score (nSPS) is 14.7. The third kappa shape index (κ3) is 1.59. The van der Waals surface area contributed by atoms with Gasteiger partial charge in [0.2, 0.25) is 5.90 Å². The van der Waals surface area contributed by atoms with Crippen LogP contribution in [0.25, 0.3) is 0 Å². The molecular weight excluding hydrogens is 182 g/mol. The molecule has 4 heteroatoms. The van der Waals surface area contributed by atoms with E-state index in [4.69, 9.17) is 9.84 Å². The van der Waals surface area contributed by atoms with E-state index in [1.165, 1.54) is 0 Å². The van der Waals surface area contributed by atoms with Gasteiger partial charge in [0.1, 0.15) is 6.61 Å². The molecule has 0 aliphatic carbocycles. The second-order valence-electron chi connectivity index (χ2n) is 2.92. The fourth-order valence-electron chi connectivity index (χ4n) is 1.27. The largest absolute Gasteiger partial charge is 0.478 e. The molecule has 1 aromatic carbocycles. The summed E-state index contributed by atoms with van der Waals surface area (Å²) in [6, 6.07) is 6.49. The molecule has 0 spiro atoms. The van der Waals surface area contributed by atoms with Gasteiger partial charge in [-0.05, 0) is 24.3 Å². The lowest BCUT2D eigenvalue weighted by Gasteiger charge is -2.01. The lowest BCUT2D eigenvalue weighted by Crippen LogP contribution is -2.02. The first-order chi connectivity index (χ1) is 6.77. The molecule has 1 heterocycles. The van der Waals surface area contributed by atoms with E-state index in [-0.39, 0.29) is 5.56 Å². The summed E-state index contributed by atoms with van der Waals surface area (Å²) in [5.41, 5.74) is 1.10. The molecule has 0 unspecified atom stereocenters. The number of aromatic carboxylic acids is 1. The summed E-state index contributed by atoms with van der Waals surface area (Å²) < 4.78 is 5.24. The first-order valence-electron chi connectivity index (χ1n) is 4.28. The van der Waals surface area contributed by atoms with Crippen molar-refractivity contribution < 1.29 is 14.6 Å². The Morgan fingerprint density at radius 2 is 2.07 bits per heavy atom. The molecule has 1 N–H and O–H groups in total. The van der Waals surface area contributed by atoms with Crippen LogP contribution < -0.4 is 0 Å². The third-order valence-corrected chi connectivity index (χ3v) is 1.96. The molecule has 0 saturated heterocycles. The summed E-state index contributed by atoms with van der Waals surface area (Å²) in [6.45, 7) is 1.28. The first-order valence-corrected chi connectivity index (χ1v) is 4.28. The van der Waals surface area contributed by atoms with Crippen LogP contribution in [0.3, 0.4) is 0 Å². The number of hydrogen-bond donors (Lipinski definition) is 1. The van der Waals surface area contributed by atoms with Gasteiger partial charge >= 0.3 is 5.97 Å². The van der Waals surface area contributed by atoms with Gasteiger partial charge < -0.3 is 9.84 Å². The Labute approximate surface area is 80.8 Å². The summed E-state index contributed by atoms with van der Waals surface area (Å²) in [6.07, 6.45) is 0. The highest BCUT2D eigenvalue weighted by atomic mass is 16.5. The van der Waals surface area contributed by atoms with Crippen LogP contribution in [-0.2, 0) is 4.74 Å². The van der Waals surface area contributed by atoms with E-state index in [2.05, 4.69) is 4.99 Å². The van der Waals surface area contributed by atoms with Crippen molar-refractivity contribution in [2.45, 2.75) is 0 Å². The Bertz CT molecular complexity index is 381. The van der Waals surface area contributed by atoms with E-state index >= 15 is 0 Å². The SMILES string of the molecule is O=C(O)c1ccc(C2=NCCO2)cc1. The van der Waals surface area contributed by atoms with E-state index in [0.29, 0.717) is 19.0 Å². The van der Waals surface area contributed by atoms with E-state index < -0.39 is 5.97 Å². The predicted molar refractivity (Wildman–Crippen MR) is 50.8 cm³/mol. The Morgan fingerprint density at radius 1 is 1.36 bits per heavy atom. The van der Waals surface area contributed by atoms with Gasteiger partial charge in [-0.2, -0.15) is 0 Å². The number of nitrogens with zero attached hydrogens (tertiary/aromatic N) is 1. The van der Waals surface area contributed by atoms with Crippen LogP contribution in [-0.4, -0.2) is 30.1 Å². The van der Waals surface area contributed by atoms with Crippen molar-refractivity contribution in [3.05, 3.63) is 35.4 Å². The van der Waals surface area contributed by atoms with Crippen molar-refractivity contribution in [2.75, 3.05) is 13.2 Å². The fourth-order valence-corrected chi connectivity index (χ4v) is 1.27. The molecule has 0 bridgehead atoms. The van der Waals surface area contributed by atoms with Crippen LogP contribution in [0.1, 0.15) is 15.9 Å². The molecular formula is C10H9NO3. The zero-order valence-electron chi connectivity index (χ0n) is 7.43. The van der Waals surface area contributed by atoms with Crippen molar-refractivity contribution in [3.8, 4) is 0 Å². The fraction of sp³-hybridized carbons (Fsp3) is 0.200. The van der Waals surface area contributed by atoms with Crippen LogP contribution in [0.2, 0.25) is 0 Å². The van der Waals surface area contributed by atoms with Gasteiger partial charge in [-0.3, -0.25) is 0 Å². The zero-order chi connectivity index (χ0) is 9.97. The molecule has 0 atom stereocenters. The average molecular weight is 191 g/mol. The summed E-state index contributed by atoms with van der Waals surface area (Å²) >= 11 is 0. The van der Waals surface area contributed by atoms with Gasteiger partial charge in [0, 0.05) is 5.56 Å². The summed E-state index contributed by atoms with van der Waals surface area (Å²) in [7, 11) is 0. The van der Waals surface area contributed by atoms with E-state index in [1.54, 1.807) is 24.3 Å². The number of rotatable bonds is 2. The standard InChI is InChI=1S/C10H9NO3/c12-10(13)8-3-1-7(2-4-8)9-11-5-6-14-9/h1-4H,5-6H2,(H,12,13). The molecule has 0 aromatic heterocycles. The van der Waals surface area contributed by atoms with Gasteiger partial charge in [-0.1, -0.05) is 0 Å². The van der Waals surface area contributed by atoms with Crippen molar-refractivity contribution in [1.29, 1.82) is 0 Å². The Balaban J connectivity index is 2.25.